The highest BCUT2D eigenvalue weighted by Crippen LogP contribution is 2.12. The summed E-state index contributed by atoms with van der Waals surface area (Å²) in [7, 11) is 0. The van der Waals surface area contributed by atoms with Crippen LogP contribution < -0.4 is 4.74 Å². The fourth-order valence-corrected chi connectivity index (χ4v) is 2.51. The molecule has 1 heteroatoms. The van der Waals surface area contributed by atoms with E-state index in [0.29, 0.717) is 0 Å². The van der Waals surface area contributed by atoms with Crippen molar-refractivity contribution in [1.82, 2.24) is 0 Å². The highest BCUT2D eigenvalue weighted by molar-refractivity contribution is 5.42. The van der Waals surface area contributed by atoms with Gasteiger partial charge in [0.05, 0.1) is 6.61 Å². The van der Waals surface area contributed by atoms with Gasteiger partial charge in [-0.15, -0.1) is 0 Å². The van der Waals surface area contributed by atoms with Crippen molar-refractivity contribution in [3.8, 4) is 29.4 Å². The molecule has 0 bridgehead atoms. The van der Waals surface area contributed by atoms with Crippen molar-refractivity contribution in [1.29, 1.82) is 0 Å². The maximum Gasteiger partial charge on any atom is 0.119 e. The lowest BCUT2D eigenvalue weighted by molar-refractivity contribution is 0.305. The molecule has 0 saturated heterocycles. The fraction of sp³-hybridized carbons (Fsp3) is 0.308. The predicted molar refractivity (Wildman–Crippen MR) is 115 cm³/mol. The molecular formula is C26H28O. The van der Waals surface area contributed by atoms with Gasteiger partial charge in [0.2, 0.25) is 0 Å². The van der Waals surface area contributed by atoms with Crippen molar-refractivity contribution in [2.45, 2.75) is 46.0 Å². The largest absolute Gasteiger partial charge is 0.494 e. The molecule has 2 aromatic rings. The average Bonchev–Trinajstić information content (AvgIpc) is 2.72. The summed E-state index contributed by atoms with van der Waals surface area (Å²) >= 11 is 0. The van der Waals surface area contributed by atoms with Gasteiger partial charge in [-0.2, -0.15) is 0 Å². The van der Waals surface area contributed by atoms with Gasteiger partial charge in [-0.1, -0.05) is 68.9 Å². The van der Waals surface area contributed by atoms with E-state index in [2.05, 4.69) is 61.8 Å². The van der Waals surface area contributed by atoms with Crippen molar-refractivity contribution in [2.75, 3.05) is 6.61 Å². The Morgan fingerprint density at radius 1 is 0.741 bits per heavy atom. The van der Waals surface area contributed by atoms with Crippen molar-refractivity contribution < 1.29 is 4.74 Å². The van der Waals surface area contributed by atoms with Gasteiger partial charge in [0.25, 0.3) is 0 Å². The Morgan fingerprint density at radius 2 is 1.33 bits per heavy atom. The zero-order valence-corrected chi connectivity index (χ0v) is 16.4. The van der Waals surface area contributed by atoms with E-state index in [-0.39, 0.29) is 0 Å². The zero-order chi connectivity index (χ0) is 19.2. The molecule has 0 amide bonds. The van der Waals surface area contributed by atoms with E-state index in [9.17, 15) is 0 Å². The summed E-state index contributed by atoms with van der Waals surface area (Å²) in [4.78, 5) is 0. The topological polar surface area (TPSA) is 9.23 Å². The van der Waals surface area contributed by atoms with Gasteiger partial charge >= 0.3 is 0 Å². The van der Waals surface area contributed by atoms with Gasteiger partial charge in [-0.05, 0) is 67.0 Å². The van der Waals surface area contributed by atoms with Crippen LogP contribution in [0.3, 0.4) is 0 Å². The summed E-state index contributed by atoms with van der Waals surface area (Å²) in [5, 5.41) is 0. The van der Waals surface area contributed by atoms with Crippen LogP contribution in [0.15, 0.2) is 60.7 Å². The number of hydrogen-bond donors (Lipinski definition) is 0. The number of unbranched alkanes of at least 4 members (excludes halogenated alkanes) is 3. The minimum absolute atomic E-state index is 0.785. The second-order valence-corrected chi connectivity index (χ2v) is 6.36. The lowest BCUT2D eigenvalue weighted by atomic mass is 10.1. The Balaban J connectivity index is 1.78. The molecule has 27 heavy (non-hydrogen) atoms. The number of ether oxygens (including phenoxy) is 1. The smallest absolute Gasteiger partial charge is 0.119 e. The molecule has 0 spiro atoms. The molecule has 0 aliphatic rings. The first kappa shape index (κ1) is 20.4. The normalized spacial score (nSPS) is 10.0. The Bertz CT molecular complexity index is 818. The Hall–Kier alpha value is -2.90. The van der Waals surface area contributed by atoms with E-state index >= 15 is 0 Å². The van der Waals surface area contributed by atoms with E-state index in [1.165, 1.54) is 24.8 Å². The number of benzene rings is 2. The van der Waals surface area contributed by atoms with Gasteiger partial charge in [0.1, 0.15) is 5.75 Å². The molecule has 0 fully saturated rings. The molecule has 1 nitrogen and oxygen atoms in total. The summed E-state index contributed by atoms with van der Waals surface area (Å²) in [6.07, 6.45) is 9.50. The zero-order valence-electron chi connectivity index (χ0n) is 16.4. The lowest BCUT2D eigenvalue weighted by Gasteiger charge is -2.05. The Morgan fingerprint density at radius 3 is 1.89 bits per heavy atom. The van der Waals surface area contributed by atoms with Crippen LogP contribution >= 0.6 is 0 Å². The summed E-state index contributed by atoms with van der Waals surface area (Å²) < 4.78 is 5.74. The molecule has 0 aliphatic heterocycles. The Labute approximate surface area is 164 Å². The second-order valence-electron chi connectivity index (χ2n) is 6.36. The predicted octanol–water partition coefficient (Wildman–Crippen LogP) is 6.17. The average molecular weight is 357 g/mol. The van der Waals surface area contributed by atoms with E-state index in [0.717, 1.165) is 36.3 Å². The van der Waals surface area contributed by atoms with E-state index < -0.39 is 0 Å². The Kier molecular flexibility index (Phi) is 9.41. The quantitative estimate of drug-likeness (QED) is 0.426. The van der Waals surface area contributed by atoms with Gasteiger partial charge in [-0.25, -0.2) is 0 Å². The van der Waals surface area contributed by atoms with Gasteiger partial charge < -0.3 is 4.74 Å². The first-order chi connectivity index (χ1) is 13.3. The molecule has 0 N–H and O–H groups in total. The fourth-order valence-electron chi connectivity index (χ4n) is 2.51. The van der Waals surface area contributed by atoms with E-state index in [1.54, 1.807) is 12.2 Å². The maximum atomic E-state index is 5.74. The van der Waals surface area contributed by atoms with Crippen LogP contribution in [0.1, 0.15) is 56.2 Å². The van der Waals surface area contributed by atoms with Crippen LogP contribution in [0.5, 0.6) is 5.75 Å². The lowest BCUT2D eigenvalue weighted by Crippen LogP contribution is -1.96. The first-order valence-electron chi connectivity index (χ1n) is 9.81. The molecule has 2 rings (SSSR count). The van der Waals surface area contributed by atoms with E-state index in [4.69, 9.17) is 4.74 Å². The number of rotatable bonds is 7. The summed E-state index contributed by atoms with van der Waals surface area (Å²) in [5.74, 6) is 13.2. The molecule has 0 atom stereocenters. The molecule has 0 aromatic heterocycles. The third kappa shape index (κ3) is 8.35. The van der Waals surface area contributed by atoms with Crippen molar-refractivity contribution in [2.24, 2.45) is 0 Å². The monoisotopic (exact) mass is 356 g/mol. The second kappa shape index (κ2) is 12.5. The molecule has 0 heterocycles. The van der Waals surface area contributed by atoms with Gasteiger partial charge in [0, 0.05) is 11.1 Å². The molecule has 138 valence electrons. The van der Waals surface area contributed by atoms with Crippen LogP contribution in [0, 0.1) is 23.7 Å². The number of hydrogen-bond acceptors (Lipinski definition) is 1. The minimum Gasteiger partial charge on any atom is -0.494 e. The van der Waals surface area contributed by atoms with Crippen molar-refractivity contribution >= 4 is 0 Å². The molecule has 0 radical (unpaired) electrons. The standard InChI is InChI=1S/C26H28O/c1-3-5-6-11-22-27-26-20-18-25(19-21-26)13-10-8-7-9-12-24-16-14-23(4-2)15-17-24/h7-8,14-21H,3-6,11,22H2,1-2H3/b8-7+. The molecule has 2 aromatic carbocycles. The molecule has 0 unspecified atom stereocenters. The van der Waals surface area contributed by atoms with E-state index in [1.807, 2.05) is 24.3 Å². The highest BCUT2D eigenvalue weighted by atomic mass is 16.5. The van der Waals surface area contributed by atoms with Crippen LogP contribution in [0.25, 0.3) is 0 Å². The van der Waals surface area contributed by atoms with Gasteiger partial charge in [0.15, 0.2) is 0 Å². The number of allylic oxidation sites excluding steroid dienone is 2. The first-order valence-corrected chi connectivity index (χ1v) is 9.81. The third-order valence-electron chi connectivity index (χ3n) is 4.17. The summed E-state index contributed by atoms with van der Waals surface area (Å²) in [5.41, 5.74) is 3.33. The van der Waals surface area contributed by atoms with Crippen LogP contribution in [0.2, 0.25) is 0 Å². The summed E-state index contributed by atoms with van der Waals surface area (Å²) in [6, 6.07) is 16.3. The molecular weight excluding hydrogens is 328 g/mol. The van der Waals surface area contributed by atoms with Crippen molar-refractivity contribution in [3.05, 3.63) is 77.4 Å². The van der Waals surface area contributed by atoms with Crippen LogP contribution in [-0.2, 0) is 6.42 Å². The molecule has 0 aliphatic carbocycles. The van der Waals surface area contributed by atoms with Crippen molar-refractivity contribution in [3.63, 3.8) is 0 Å². The minimum atomic E-state index is 0.785. The molecule has 0 saturated carbocycles. The maximum absolute atomic E-state index is 5.74. The summed E-state index contributed by atoms with van der Waals surface area (Å²) in [6.45, 7) is 5.15. The highest BCUT2D eigenvalue weighted by Gasteiger charge is 1.94. The van der Waals surface area contributed by atoms with Crippen LogP contribution in [0.4, 0.5) is 0 Å². The number of aryl methyl sites for hydroxylation is 1. The van der Waals surface area contributed by atoms with Crippen LogP contribution in [-0.4, -0.2) is 6.61 Å². The third-order valence-corrected chi connectivity index (χ3v) is 4.17. The van der Waals surface area contributed by atoms with Gasteiger partial charge in [-0.3, -0.25) is 0 Å². The SMILES string of the molecule is CCCCCCOc1ccc(C#C/C=C/C#Cc2ccc(CC)cc2)cc1.